The van der Waals surface area contributed by atoms with Gasteiger partial charge in [0.15, 0.2) is 0 Å². The van der Waals surface area contributed by atoms with E-state index in [2.05, 4.69) is 42.2 Å². The molecule has 0 unspecified atom stereocenters. The van der Waals surface area contributed by atoms with Crippen LogP contribution in [0.4, 0.5) is 0 Å². The first-order chi connectivity index (χ1) is 9.62. The maximum Gasteiger partial charge on any atom is 0.0991 e. The Morgan fingerprint density at radius 3 is 2.80 bits per heavy atom. The summed E-state index contributed by atoms with van der Waals surface area (Å²) in [7, 11) is 2.08. The summed E-state index contributed by atoms with van der Waals surface area (Å²) in [6.45, 7) is 6.69. The highest BCUT2D eigenvalue weighted by Crippen LogP contribution is 2.11. The first-order valence-corrected chi connectivity index (χ1v) is 6.83. The zero-order valence-corrected chi connectivity index (χ0v) is 12.3. The Bertz CT molecular complexity index is 622. The van der Waals surface area contributed by atoms with E-state index in [1.807, 2.05) is 29.8 Å². The lowest BCUT2D eigenvalue weighted by atomic mass is 10.1. The molecular weight excluding hydrogens is 248 g/mol. The van der Waals surface area contributed by atoms with E-state index >= 15 is 0 Å². The number of nitriles is 1. The van der Waals surface area contributed by atoms with Gasteiger partial charge in [-0.15, -0.1) is 0 Å². The Kier molecular flexibility index (Phi) is 4.54. The second kappa shape index (κ2) is 6.36. The van der Waals surface area contributed by atoms with E-state index in [9.17, 15) is 0 Å². The molecule has 4 heteroatoms. The Balaban J connectivity index is 2.05. The van der Waals surface area contributed by atoms with Crippen LogP contribution >= 0.6 is 0 Å². The van der Waals surface area contributed by atoms with E-state index in [-0.39, 0.29) is 0 Å². The Morgan fingerprint density at radius 1 is 1.30 bits per heavy atom. The first kappa shape index (κ1) is 14.3. The minimum absolute atomic E-state index is 0.713. The Hall–Kier alpha value is -2.12. The molecule has 0 atom stereocenters. The molecule has 1 aromatic carbocycles. The maximum atomic E-state index is 8.93. The fraction of sp³-hybridized carbons (Fsp3) is 0.375. The Morgan fingerprint density at radius 2 is 2.10 bits per heavy atom. The summed E-state index contributed by atoms with van der Waals surface area (Å²) in [4.78, 5) is 2.24. The predicted molar refractivity (Wildman–Crippen MR) is 79.0 cm³/mol. The van der Waals surface area contributed by atoms with Crippen molar-refractivity contribution in [3.63, 3.8) is 0 Å². The number of nitrogens with zero attached hydrogens (tertiary/aromatic N) is 4. The van der Waals surface area contributed by atoms with E-state index < -0.39 is 0 Å². The van der Waals surface area contributed by atoms with Gasteiger partial charge in [0.1, 0.15) is 0 Å². The third-order valence-electron chi connectivity index (χ3n) is 3.23. The van der Waals surface area contributed by atoms with Gasteiger partial charge in [0.25, 0.3) is 0 Å². The molecule has 2 aromatic rings. The van der Waals surface area contributed by atoms with Crippen molar-refractivity contribution in [2.24, 2.45) is 0 Å². The molecule has 2 rings (SSSR count). The van der Waals surface area contributed by atoms with Gasteiger partial charge >= 0.3 is 0 Å². The molecule has 20 heavy (non-hydrogen) atoms. The highest BCUT2D eigenvalue weighted by molar-refractivity contribution is 5.32. The van der Waals surface area contributed by atoms with Gasteiger partial charge in [-0.05, 0) is 44.7 Å². The first-order valence-electron chi connectivity index (χ1n) is 6.83. The summed E-state index contributed by atoms with van der Waals surface area (Å²) in [6.07, 6.45) is 0. The number of aromatic nitrogens is 2. The lowest BCUT2D eigenvalue weighted by Gasteiger charge is -2.17. The van der Waals surface area contributed by atoms with Crippen molar-refractivity contribution in [3.8, 4) is 6.07 Å². The smallest absolute Gasteiger partial charge is 0.0991 e. The van der Waals surface area contributed by atoms with Gasteiger partial charge in [0.2, 0.25) is 0 Å². The molecule has 0 saturated heterocycles. The summed E-state index contributed by atoms with van der Waals surface area (Å²) in [5.74, 6) is 0. The van der Waals surface area contributed by atoms with Crippen LogP contribution in [-0.4, -0.2) is 21.7 Å². The monoisotopic (exact) mass is 268 g/mol. The molecule has 1 aromatic heterocycles. The van der Waals surface area contributed by atoms with Gasteiger partial charge < -0.3 is 0 Å². The lowest BCUT2D eigenvalue weighted by Crippen LogP contribution is -2.19. The lowest BCUT2D eigenvalue weighted by molar-refractivity contribution is 0.307. The Labute approximate surface area is 120 Å². The van der Waals surface area contributed by atoms with Gasteiger partial charge in [-0.1, -0.05) is 12.1 Å². The van der Waals surface area contributed by atoms with Crippen molar-refractivity contribution in [3.05, 3.63) is 52.8 Å². The summed E-state index contributed by atoms with van der Waals surface area (Å²) in [5.41, 5.74) is 4.15. The van der Waals surface area contributed by atoms with Crippen LogP contribution in [0, 0.1) is 18.3 Å². The molecule has 0 N–H and O–H groups in total. The van der Waals surface area contributed by atoms with E-state index in [0.29, 0.717) is 5.56 Å². The number of hydrogen-bond donors (Lipinski definition) is 0. The molecule has 0 aliphatic carbocycles. The van der Waals surface area contributed by atoms with Gasteiger partial charge in [-0.3, -0.25) is 9.58 Å². The molecule has 1 heterocycles. The molecule has 104 valence electrons. The van der Waals surface area contributed by atoms with Crippen LogP contribution in [0.25, 0.3) is 0 Å². The normalized spacial score (nSPS) is 10.8. The molecule has 0 saturated carbocycles. The second-order valence-electron chi connectivity index (χ2n) is 5.08. The fourth-order valence-electron chi connectivity index (χ4n) is 2.38. The topological polar surface area (TPSA) is 44.9 Å². The van der Waals surface area contributed by atoms with E-state index in [1.165, 1.54) is 5.69 Å². The standard InChI is InChI=1S/C16H20N4/c1-4-20-16(8-13(2)18-20)12-19(3)11-15-7-5-6-14(9-15)10-17/h5-9H,4,11-12H2,1-3H3. The molecule has 0 fully saturated rings. The van der Waals surface area contributed by atoms with E-state index in [4.69, 9.17) is 5.26 Å². The van der Waals surface area contributed by atoms with Gasteiger partial charge in [-0.25, -0.2) is 0 Å². The average Bonchev–Trinajstić information content (AvgIpc) is 2.78. The van der Waals surface area contributed by atoms with Crippen molar-refractivity contribution >= 4 is 0 Å². The third kappa shape index (κ3) is 3.46. The summed E-state index contributed by atoms with van der Waals surface area (Å²) in [5, 5.41) is 13.4. The highest BCUT2D eigenvalue weighted by Gasteiger charge is 2.08. The molecule has 0 amide bonds. The highest BCUT2D eigenvalue weighted by atomic mass is 15.3. The van der Waals surface area contributed by atoms with Gasteiger partial charge in [0.05, 0.1) is 23.0 Å². The number of hydrogen-bond acceptors (Lipinski definition) is 3. The molecule has 0 bridgehead atoms. The largest absolute Gasteiger partial charge is 0.296 e. The quantitative estimate of drug-likeness (QED) is 0.837. The zero-order chi connectivity index (χ0) is 14.5. The SMILES string of the molecule is CCn1nc(C)cc1CN(C)Cc1cccc(C#N)c1. The summed E-state index contributed by atoms with van der Waals surface area (Å²) < 4.78 is 2.04. The fourth-order valence-corrected chi connectivity index (χ4v) is 2.38. The minimum Gasteiger partial charge on any atom is -0.296 e. The van der Waals surface area contributed by atoms with Crippen LogP contribution in [0.5, 0.6) is 0 Å². The van der Waals surface area contributed by atoms with Crippen molar-refractivity contribution in [1.29, 1.82) is 5.26 Å². The second-order valence-corrected chi connectivity index (χ2v) is 5.08. The van der Waals surface area contributed by atoms with Gasteiger partial charge in [-0.2, -0.15) is 10.4 Å². The molecule has 0 aliphatic rings. The molecule has 0 radical (unpaired) electrons. The van der Waals surface area contributed by atoms with Crippen molar-refractivity contribution in [2.45, 2.75) is 33.5 Å². The number of aryl methyl sites for hydroxylation is 2. The third-order valence-corrected chi connectivity index (χ3v) is 3.23. The van der Waals surface area contributed by atoms with E-state index in [1.54, 1.807) is 0 Å². The predicted octanol–water partition coefficient (Wildman–Crippen LogP) is 2.72. The molecule has 4 nitrogen and oxygen atoms in total. The van der Waals surface area contributed by atoms with Crippen molar-refractivity contribution < 1.29 is 0 Å². The van der Waals surface area contributed by atoms with Gasteiger partial charge in [0, 0.05) is 19.6 Å². The minimum atomic E-state index is 0.713. The molecule has 0 spiro atoms. The van der Waals surface area contributed by atoms with E-state index in [0.717, 1.165) is 30.9 Å². The van der Waals surface area contributed by atoms with Crippen molar-refractivity contribution in [1.82, 2.24) is 14.7 Å². The number of benzene rings is 1. The van der Waals surface area contributed by atoms with Crippen LogP contribution in [0.15, 0.2) is 30.3 Å². The zero-order valence-electron chi connectivity index (χ0n) is 12.3. The maximum absolute atomic E-state index is 8.93. The average molecular weight is 268 g/mol. The van der Waals surface area contributed by atoms with Crippen molar-refractivity contribution in [2.75, 3.05) is 7.05 Å². The van der Waals surface area contributed by atoms with Crippen LogP contribution in [0.2, 0.25) is 0 Å². The van der Waals surface area contributed by atoms with Crippen LogP contribution < -0.4 is 0 Å². The van der Waals surface area contributed by atoms with Crippen LogP contribution in [-0.2, 0) is 19.6 Å². The number of rotatable bonds is 5. The summed E-state index contributed by atoms with van der Waals surface area (Å²) in [6, 6.07) is 12.1. The molecule has 0 aliphatic heterocycles. The van der Waals surface area contributed by atoms with Crippen LogP contribution in [0.1, 0.15) is 29.4 Å². The van der Waals surface area contributed by atoms with Crippen LogP contribution in [0.3, 0.4) is 0 Å². The molecular formula is C16H20N4. The summed E-state index contributed by atoms with van der Waals surface area (Å²) >= 11 is 0.